The first-order valence-corrected chi connectivity index (χ1v) is 7.88. The molecule has 2 heterocycles. The van der Waals surface area contributed by atoms with Gasteiger partial charge in [-0.1, -0.05) is 22.8 Å². The summed E-state index contributed by atoms with van der Waals surface area (Å²) in [5.41, 5.74) is 0.836. The number of halogens is 1. The lowest BCUT2D eigenvalue weighted by Gasteiger charge is -2.17. The molecule has 6 nitrogen and oxygen atoms in total. The maximum absolute atomic E-state index is 12.3. The Bertz CT molecular complexity index is 716. The molecule has 0 saturated carbocycles. The van der Waals surface area contributed by atoms with Gasteiger partial charge in [0.1, 0.15) is 5.75 Å². The van der Waals surface area contributed by atoms with Crippen LogP contribution in [-0.2, 0) is 4.79 Å². The van der Waals surface area contributed by atoms with Crippen LogP contribution in [0.1, 0.15) is 29.6 Å². The molecule has 0 bridgehead atoms. The van der Waals surface area contributed by atoms with Crippen molar-refractivity contribution in [1.82, 2.24) is 15.0 Å². The SMILES string of the molecule is Cc1noc([C@@H]2CCN(C(=O)COc3cccc(Cl)c3C)C2)n1. The van der Waals surface area contributed by atoms with E-state index < -0.39 is 0 Å². The van der Waals surface area contributed by atoms with Gasteiger partial charge in [-0.05, 0) is 32.4 Å². The van der Waals surface area contributed by atoms with Crippen molar-refractivity contribution >= 4 is 17.5 Å². The summed E-state index contributed by atoms with van der Waals surface area (Å²) >= 11 is 6.05. The first-order chi connectivity index (χ1) is 11.0. The van der Waals surface area contributed by atoms with Gasteiger partial charge in [0.15, 0.2) is 12.4 Å². The summed E-state index contributed by atoms with van der Waals surface area (Å²) in [5.74, 6) is 1.90. The summed E-state index contributed by atoms with van der Waals surface area (Å²) < 4.78 is 10.8. The van der Waals surface area contributed by atoms with E-state index in [4.69, 9.17) is 20.9 Å². The fourth-order valence-corrected chi connectivity index (χ4v) is 2.81. The lowest BCUT2D eigenvalue weighted by atomic mass is 10.1. The molecule has 2 aromatic rings. The molecule has 1 aliphatic rings. The minimum Gasteiger partial charge on any atom is -0.483 e. The highest BCUT2D eigenvalue weighted by Gasteiger charge is 2.31. The summed E-state index contributed by atoms with van der Waals surface area (Å²) in [6.45, 7) is 4.90. The summed E-state index contributed by atoms with van der Waals surface area (Å²) in [6.07, 6.45) is 0.823. The lowest BCUT2D eigenvalue weighted by Crippen LogP contribution is -2.33. The first-order valence-electron chi connectivity index (χ1n) is 7.50. The third kappa shape index (κ3) is 3.47. The average Bonchev–Trinajstić information content (AvgIpc) is 3.17. The van der Waals surface area contributed by atoms with Gasteiger partial charge in [0.2, 0.25) is 5.89 Å². The largest absolute Gasteiger partial charge is 0.483 e. The Balaban J connectivity index is 1.56. The molecule has 1 aromatic carbocycles. The molecule has 122 valence electrons. The highest BCUT2D eigenvalue weighted by atomic mass is 35.5. The number of nitrogens with zero attached hydrogens (tertiary/aromatic N) is 3. The van der Waals surface area contributed by atoms with E-state index in [-0.39, 0.29) is 18.4 Å². The number of ether oxygens (including phenoxy) is 1. The van der Waals surface area contributed by atoms with Gasteiger partial charge in [-0.15, -0.1) is 0 Å². The molecule has 7 heteroatoms. The predicted molar refractivity (Wildman–Crippen MR) is 84.7 cm³/mol. The van der Waals surface area contributed by atoms with Crippen molar-refractivity contribution in [2.24, 2.45) is 0 Å². The Labute approximate surface area is 139 Å². The molecule has 3 rings (SSSR count). The zero-order chi connectivity index (χ0) is 16.4. The van der Waals surface area contributed by atoms with Crippen molar-refractivity contribution in [2.45, 2.75) is 26.2 Å². The van der Waals surface area contributed by atoms with E-state index >= 15 is 0 Å². The van der Waals surface area contributed by atoms with Crippen LogP contribution < -0.4 is 4.74 Å². The van der Waals surface area contributed by atoms with Crippen LogP contribution in [0.25, 0.3) is 0 Å². The molecule has 1 aromatic heterocycles. The van der Waals surface area contributed by atoms with Crippen LogP contribution in [0.5, 0.6) is 5.75 Å². The molecule has 1 fully saturated rings. The summed E-state index contributed by atoms with van der Waals surface area (Å²) in [4.78, 5) is 18.3. The van der Waals surface area contributed by atoms with E-state index in [2.05, 4.69) is 10.1 Å². The number of hydrogen-bond acceptors (Lipinski definition) is 5. The fourth-order valence-electron chi connectivity index (χ4n) is 2.64. The van der Waals surface area contributed by atoms with Crippen LogP contribution in [0.15, 0.2) is 22.7 Å². The number of aromatic nitrogens is 2. The quantitative estimate of drug-likeness (QED) is 0.859. The molecular formula is C16H18ClN3O3. The van der Waals surface area contributed by atoms with Gasteiger partial charge < -0.3 is 14.2 Å². The third-order valence-corrected chi connectivity index (χ3v) is 4.41. The van der Waals surface area contributed by atoms with Crippen LogP contribution >= 0.6 is 11.6 Å². The van der Waals surface area contributed by atoms with Crippen molar-refractivity contribution in [1.29, 1.82) is 0 Å². The molecule has 0 N–H and O–H groups in total. The molecule has 0 spiro atoms. The Morgan fingerprint density at radius 2 is 2.30 bits per heavy atom. The molecule has 1 saturated heterocycles. The van der Waals surface area contributed by atoms with Crippen LogP contribution in [0, 0.1) is 13.8 Å². The Morgan fingerprint density at radius 1 is 1.48 bits per heavy atom. The van der Waals surface area contributed by atoms with Crippen molar-refractivity contribution in [3.63, 3.8) is 0 Å². The normalized spacial score (nSPS) is 17.5. The minimum absolute atomic E-state index is 0.00321. The van der Waals surface area contributed by atoms with Gasteiger partial charge in [-0.2, -0.15) is 4.98 Å². The van der Waals surface area contributed by atoms with Crippen molar-refractivity contribution < 1.29 is 14.1 Å². The lowest BCUT2D eigenvalue weighted by molar-refractivity contribution is -0.132. The number of amides is 1. The van der Waals surface area contributed by atoms with Crippen LogP contribution in [0.3, 0.4) is 0 Å². The van der Waals surface area contributed by atoms with Gasteiger partial charge in [0.25, 0.3) is 5.91 Å². The monoisotopic (exact) mass is 335 g/mol. The van der Waals surface area contributed by atoms with Gasteiger partial charge >= 0.3 is 0 Å². The third-order valence-electron chi connectivity index (χ3n) is 4.00. The molecule has 0 aliphatic carbocycles. The fraction of sp³-hybridized carbons (Fsp3) is 0.438. The second-order valence-electron chi connectivity index (χ2n) is 5.66. The van der Waals surface area contributed by atoms with E-state index in [9.17, 15) is 4.79 Å². The predicted octanol–water partition coefficient (Wildman–Crippen LogP) is 2.73. The molecule has 0 unspecified atom stereocenters. The van der Waals surface area contributed by atoms with Gasteiger partial charge in [-0.25, -0.2) is 0 Å². The smallest absolute Gasteiger partial charge is 0.260 e. The molecule has 0 radical (unpaired) electrons. The number of rotatable bonds is 4. The maximum atomic E-state index is 12.3. The second-order valence-corrected chi connectivity index (χ2v) is 6.06. The van der Waals surface area contributed by atoms with E-state index in [1.54, 1.807) is 24.0 Å². The standard InChI is InChI=1S/C16H18ClN3O3/c1-10-13(17)4-3-5-14(10)22-9-15(21)20-7-6-12(8-20)16-18-11(2)19-23-16/h3-5,12H,6-9H2,1-2H3/t12-/m1/s1. The highest BCUT2D eigenvalue weighted by molar-refractivity contribution is 6.31. The van der Waals surface area contributed by atoms with Crippen molar-refractivity contribution in [2.75, 3.05) is 19.7 Å². The zero-order valence-corrected chi connectivity index (χ0v) is 13.8. The van der Waals surface area contributed by atoms with Gasteiger partial charge in [-0.3, -0.25) is 4.79 Å². The van der Waals surface area contributed by atoms with Crippen LogP contribution in [-0.4, -0.2) is 40.6 Å². The van der Waals surface area contributed by atoms with E-state index in [1.165, 1.54) is 0 Å². The number of hydrogen-bond donors (Lipinski definition) is 0. The number of carbonyl (C=O) groups is 1. The van der Waals surface area contributed by atoms with E-state index in [0.717, 1.165) is 12.0 Å². The zero-order valence-electron chi connectivity index (χ0n) is 13.1. The van der Waals surface area contributed by atoms with E-state index in [0.29, 0.717) is 35.6 Å². The van der Waals surface area contributed by atoms with Crippen LogP contribution in [0.2, 0.25) is 5.02 Å². The van der Waals surface area contributed by atoms with E-state index in [1.807, 2.05) is 13.0 Å². The number of carbonyl (C=O) groups excluding carboxylic acids is 1. The maximum Gasteiger partial charge on any atom is 0.260 e. The summed E-state index contributed by atoms with van der Waals surface area (Å²) in [5, 5.41) is 4.43. The van der Waals surface area contributed by atoms with Crippen LogP contribution in [0.4, 0.5) is 0 Å². The number of aryl methyl sites for hydroxylation is 1. The highest BCUT2D eigenvalue weighted by Crippen LogP contribution is 2.27. The number of benzene rings is 1. The topological polar surface area (TPSA) is 68.5 Å². The first kappa shape index (κ1) is 15.8. The van der Waals surface area contributed by atoms with Gasteiger partial charge in [0, 0.05) is 23.7 Å². The molecule has 1 aliphatic heterocycles. The Hall–Kier alpha value is -2.08. The average molecular weight is 336 g/mol. The minimum atomic E-state index is -0.0527. The van der Waals surface area contributed by atoms with Crippen molar-refractivity contribution in [3.05, 3.63) is 40.5 Å². The second kappa shape index (κ2) is 6.58. The molecular weight excluding hydrogens is 318 g/mol. The molecule has 23 heavy (non-hydrogen) atoms. The Kier molecular flexibility index (Phi) is 4.52. The Morgan fingerprint density at radius 3 is 3.04 bits per heavy atom. The van der Waals surface area contributed by atoms with Crippen molar-refractivity contribution in [3.8, 4) is 5.75 Å². The molecule has 1 amide bonds. The summed E-state index contributed by atoms with van der Waals surface area (Å²) in [7, 11) is 0. The summed E-state index contributed by atoms with van der Waals surface area (Å²) in [6, 6.07) is 5.41. The van der Waals surface area contributed by atoms with Gasteiger partial charge in [0.05, 0.1) is 5.92 Å². The molecule has 1 atom stereocenters. The number of likely N-dealkylation sites (tertiary alicyclic amines) is 1.